The van der Waals surface area contributed by atoms with Gasteiger partial charge >= 0.3 is 0 Å². The number of hydrogen-bond donors (Lipinski definition) is 1. The van der Waals surface area contributed by atoms with Crippen LogP contribution < -0.4 is 0 Å². The van der Waals surface area contributed by atoms with Crippen LogP contribution in [0.5, 0.6) is 0 Å². The first-order chi connectivity index (χ1) is 12.3. The number of aliphatic hydroxyl groups excluding tert-OH is 1. The summed E-state index contributed by atoms with van der Waals surface area (Å²) in [5.41, 5.74) is 0. The van der Waals surface area contributed by atoms with Crippen LogP contribution >= 0.6 is 0 Å². The lowest BCUT2D eigenvalue weighted by molar-refractivity contribution is 0.0166. The molecule has 152 valence electrons. The number of hydrogen-bond acceptors (Lipinski definition) is 4. The van der Waals surface area contributed by atoms with Crippen LogP contribution in [-0.4, -0.2) is 34.0 Å². The quantitative estimate of drug-likeness (QED) is 0.726. The summed E-state index contributed by atoms with van der Waals surface area (Å²) in [4.78, 5) is 0.652. The molecule has 2 rings (SSSR count). The molecule has 6 heteroatoms. The van der Waals surface area contributed by atoms with Gasteiger partial charge in [-0.15, -0.1) is 0 Å². The van der Waals surface area contributed by atoms with Crippen LogP contribution in [-0.2, 0) is 14.3 Å². The molecule has 0 radical (unpaired) electrons. The summed E-state index contributed by atoms with van der Waals surface area (Å²) in [6, 6.07) is 8.51. The van der Waals surface area contributed by atoms with Crippen LogP contribution in [0.25, 0.3) is 0 Å². The Morgan fingerprint density at radius 2 is 1.67 bits per heavy atom. The van der Waals surface area contributed by atoms with Gasteiger partial charge in [-0.2, -0.15) is 0 Å². The summed E-state index contributed by atoms with van der Waals surface area (Å²) >= 11 is 0. The molecule has 0 amide bonds. The minimum atomic E-state index is -3.62. The molecule has 0 aromatic heterocycles. The van der Waals surface area contributed by atoms with E-state index in [0.717, 1.165) is 0 Å². The molecule has 0 bridgehead atoms. The Morgan fingerprint density at radius 3 is 2.19 bits per heavy atom. The maximum atomic E-state index is 13.3. The van der Waals surface area contributed by atoms with Gasteiger partial charge < -0.3 is 9.53 Å². The first-order valence-corrected chi connectivity index (χ1v) is 14.0. The Labute approximate surface area is 165 Å². The molecule has 0 unspecified atom stereocenters. The van der Waals surface area contributed by atoms with Gasteiger partial charge in [-0.25, -0.2) is 8.42 Å². The third-order valence-corrected chi connectivity index (χ3v) is 12.8. The van der Waals surface area contributed by atoms with Crippen LogP contribution in [0.15, 0.2) is 46.2 Å². The monoisotopic (exact) mass is 410 g/mol. The fourth-order valence-corrected chi connectivity index (χ4v) is 6.47. The summed E-state index contributed by atoms with van der Waals surface area (Å²) in [5.74, 6) is -0.467. The van der Waals surface area contributed by atoms with Gasteiger partial charge in [0.25, 0.3) is 0 Å². The second kappa shape index (κ2) is 7.82. The molecule has 0 fully saturated rings. The molecule has 0 aliphatic heterocycles. The minimum absolute atomic E-state index is 0.00583. The summed E-state index contributed by atoms with van der Waals surface area (Å²) in [7, 11) is -5.75. The second-order valence-corrected chi connectivity index (χ2v) is 15.9. The average Bonchev–Trinajstić information content (AvgIpc) is 2.67. The van der Waals surface area contributed by atoms with Crippen LogP contribution in [0, 0.1) is 11.8 Å². The highest BCUT2D eigenvalue weighted by Crippen LogP contribution is 2.42. The molecule has 1 N–H and O–H groups in total. The van der Waals surface area contributed by atoms with Crippen LogP contribution in [0.3, 0.4) is 0 Å². The zero-order valence-electron chi connectivity index (χ0n) is 17.6. The van der Waals surface area contributed by atoms with Crippen molar-refractivity contribution in [3.05, 3.63) is 41.3 Å². The van der Waals surface area contributed by atoms with E-state index < -0.39 is 24.3 Å². The molecule has 1 aliphatic carbocycles. The molecule has 27 heavy (non-hydrogen) atoms. The Bertz CT molecular complexity index is 778. The van der Waals surface area contributed by atoms with E-state index in [4.69, 9.17) is 4.43 Å². The molecule has 0 saturated heterocycles. The van der Waals surface area contributed by atoms with Gasteiger partial charge in [0, 0.05) is 11.8 Å². The van der Waals surface area contributed by atoms with Crippen molar-refractivity contribution in [2.45, 2.75) is 76.3 Å². The van der Waals surface area contributed by atoms with Crippen molar-refractivity contribution in [2.75, 3.05) is 0 Å². The zero-order chi connectivity index (χ0) is 20.6. The summed E-state index contributed by atoms with van der Waals surface area (Å²) in [6.45, 7) is 14.7. The molecule has 1 aromatic carbocycles. The summed E-state index contributed by atoms with van der Waals surface area (Å²) in [5, 5.41) is 10.6. The van der Waals surface area contributed by atoms with E-state index in [2.05, 4.69) is 33.9 Å². The number of sulfone groups is 1. The van der Waals surface area contributed by atoms with Gasteiger partial charge in [0.05, 0.1) is 22.0 Å². The molecular weight excluding hydrogens is 376 g/mol. The van der Waals surface area contributed by atoms with Gasteiger partial charge in [-0.1, -0.05) is 58.9 Å². The number of benzene rings is 1. The van der Waals surface area contributed by atoms with Gasteiger partial charge in [-0.05, 0) is 36.7 Å². The van der Waals surface area contributed by atoms with Crippen molar-refractivity contribution >= 4 is 18.2 Å². The van der Waals surface area contributed by atoms with Gasteiger partial charge in [0.2, 0.25) is 9.84 Å². The normalized spacial score (nSPS) is 27.8. The van der Waals surface area contributed by atoms with E-state index in [-0.39, 0.29) is 23.0 Å². The molecule has 1 aliphatic rings. The first-order valence-electron chi connectivity index (χ1n) is 9.65. The second-order valence-electron chi connectivity index (χ2n) is 9.22. The van der Waals surface area contributed by atoms with E-state index in [0.29, 0.717) is 16.2 Å². The van der Waals surface area contributed by atoms with Gasteiger partial charge in [0.1, 0.15) is 0 Å². The van der Waals surface area contributed by atoms with E-state index in [9.17, 15) is 13.5 Å². The van der Waals surface area contributed by atoms with Gasteiger partial charge in [0.15, 0.2) is 8.32 Å². The van der Waals surface area contributed by atoms with Crippen molar-refractivity contribution in [3.8, 4) is 0 Å². The highest BCUT2D eigenvalue weighted by atomic mass is 32.2. The average molecular weight is 411 g/mol. The molecule has 1 aromatic rings. The lowest BCUT2D eigenvalue weighted by atomic mass is 9.91. The van der Waals surface area contributed by atoms with Crippen molar-refractivity contribution in [2.24, 2.45) is 11.8 Å². The van der Waals surface area contributed by atoms with Crippen molar-refractivity contribution in [3.63, 3.8) is 0 Å². The van der Waals surface area contributed by atoms with Crippen molar-refractivity contribution in [1.82, 2.24) is 0 Å². The molecule has 0 saturated carbocycles. The number of aliphatic hydroxyl groups is 1. The Morgan fingerprint density at radius 1 is 1.11 bits per heavy atom. The molecular formula is C21H34O4SSi. The lowest BCUT2D eigenvalue weighted by Crippen LogP contribution is -2.49. The van der Waals surface area contributed by atoms with Crippen molar-refractivity contribution < 1.29 is 18.0 Å². The molecule has 0 heterocycles. The largest absolute Gasteiger partial charge is 0.413 e. The Hall–Kier alpha value is -0.953. The van der Waals surface area contributed by atoms with E-state index in [1.165, 1.54) is 0 Å². The maximum Gasteiger partial charge on any atom is 0.202 e. The standard InChI is InChI=1S/C21H34O4SSi/c1-15-18(22)13-14-19(26(23,24)17-11-9-8-10-12-17)16(2)20(15)25-27(6,7)21(3,4)5/h8-12,14-16,18,20,22H,13H2,1-7H3/t15-,16+,18+,20-/m1/s1. The fraction of sp³-hybridized carbons (Fsp3) is 0.619. The number of rotatable bonds is 4. The molecule has 4 nitrogen and oxygen atoms in total. The van der Waals surface area contributed by atoms with E-state index >= 15 is 0 Å². The van der Waals surface area contributed by atoms with Gasteiger partial charge in [-0.3, -0.25) is 0 Å². The SMILES string of the molecule is C[C@H]1[C@@H](O[Si](C)(C)C(C)(C)C)[C@@H](C)C(S(=O)(=O)c2ccccc2)=CC[C@@H]1O. The van der Waals surface area contributed by atoms with Crippen LogP contribution in [0.1, 0.15) is 41.0 Å². The predicted octanol–water partition coefficient (Wildman–Crippen LogP) is 4.77. The molecule has 0 spiro atoms. The topological polar surface area (TPSA) is 63.6 Å². The third-order valence-electron chi connectivity index (χ3n) is 6.23. The zero-order valence-corrected chi connectivity index (χ0v) is 19.4. The third kappa shape index (κ3) is 4.55. The maximum absolute atomic E-state index is 13.3. The Kier molecular flexibility index (Phi) is 6.47. The summed E-state index contributed by atoms with van der Waals surface area (Å²) in [6.07, 6.45) is 1.06. The Balaban J connectivity index is 2.47. The lowest BCUT2D eigenvalue weighted by Gasteiger charge is -2.43. The minimum Gasteiger partial charge on any atom is -0.413 e. The predicted molar refractivity (Wildman–Crippen MR) is 113 cm³/mol. The fourth-order valence-electron chi connectivity index (χ4n) is 3.29. The van der Waals surface area contributed by atoms with E-state index in [1.807, 2.05) is 13.8 Å². The highest BCUT2D eigenvalue weighted by molar-refractivity contribution is 7.95. The molecule has 4 atom stereocenters. The first kappa shape index (κ1) is 22.3. The highest BCUT2D eigenvalue weighted by Gasteiger charge is 2.45. The summed E-state index contributed by atoms with van der Waals surface area (Å²) < 4.78 is 33.2. The van der Waals surface area contributed by atoms with Crippen LogP contribution in [0.4, 0.5) is 0 Å². The van der Waals surface area contributed by atoms with Crippen LogP contribution in [0.2, 0.25) is 18.1 Å². The van der Waals surface area contributed by atoms with Crippen molar-refractivity contribution in [1.29, 1.82) is 0 Å². The van der Waals surface area contributed by atoms with E-state index in [1.54, 1.807) is 36.4 Å². The smallest absolute Gasteiger partial charge is 0.202 e.